The Labute approximate surface area is 441 Å². The van der Waals surface area contributed by atoms with Gasteiger partial charge in [-0.3, -0.25) is 10.0 Å². The quantitative estimate of drug-likeness (QED) is 0.120. The first-order chi connectivity index (χ1) is 35.7. The summed E-state index contributed by atoms with van der Waals surface area (Å²) < 4.78 is 41.3. The molecule has 6 atom stereocenters. The Bertz CT molecular complexity index is 3140. The number of fused-ring (bicyclic) bond motifs is 2. The van der Waals surface area contributed by atoms with Gasteiger partial charge in [0.25, 0.3) is 0 Å². The Hall–Kier alpha value is -6.96. The highest BCUT2D eigenvalue weighted by atomic mass is 35.5. The maximum Gasteiger partial charge on any atom is 0.146 e. The van der Waals surface area contributed by atoms with Crippen molar-refractivity contribution in [2.75, 3.05) is 34.0 Å². The zero-order chi connectivity index (χ0) is 49.7. The molecule has 8 nitrogen and oxygen atoms in total. The molecule has 364 valence electrons. The van der Waals surface area contributed by atoms with Gasteiger partial charge in [-0.1, -0.05) is 96.0 Å². The van der Waals surface area contributed by atoms with Crippen molar-refractivity contribution in [2.45, 2.75) is 39.8 Å². The molecular formula is C59H46Cl2F2N6O2S2. The summed E-state index contributed by atoms with van der Waals surface area (Å²) in [4.78, 5) is 4.58. The lowest BCUT2D eigenvalue weighted by molar-refractivity contribution is 0.409. The topological polar surface area (TPSA) is 56.1 Å². The van der Waals surface area contributed by atoms with Gasteiger partial charge in [0.05, 0.1) is 48.2 Å². The van der Waals surface area contributed by atoms with Gasteiger partial charge in [-0.05, 0) is 150 Å². The molecule has 12 rings (SSSR count). The average Bonchev–Trinajstić information content (AvgIpc) is 4.19. The second-order valence-electron chi connectivity index (χ2n) is 18.1. The lowest BCUT2D eigenvalue weighted by Crippen LogP contribution is -2.31. The van der Waals surface area contributed by atoms with Crippen LogP contribution < -0.4 is 29.3 Å². The molecule has 4 aliphatic rings. The van der Waals surface area contributed by atoms with Gasteiger partial charge in [0.2, 0.25) is 0 Å². The van der Waals surface area contributed by atoms with E-state index in [9.17, 15) is 8.78 Å². The number of hydrazone groups is 2. The Kier molecular flexibility index (Phi) is 12.8. The van der Waals surface area contributed by atoms with E-state index in [1.165, 1.54) is 24.3 Å². The van der Waals surface area contributed by atoms with Crippen molar-refractivity contribution in [2.24, 2.45) is 10.2 Å². The molecule has 14 heteroatoms. The number of halogens is 4. The summed E-state index contributed by atoms with van der Waals surface area (Å²) in [7, 11) is 3.42. The number of benzene rings is 8. The maximum absolute atomic E-state index is 14.5. The number of rotatable bonds is 12. The maximum atomic E-state index is 14.5. The molecule has 0 N–H and O–H groups in total. The Balaban J connectivity index is 0.924. The van der Waals surface area contributed by atoms with Crippen molar-refractivity contribution in [1.82, 2.24) is 0 Å². The van der Waals surface area contributed by atoms with E-state index in [0.29, 0.717) is 16.5 Å². The molecule has 0 radical (unpaired) electrons. The molecule has 0 saturated carbocycles. The molecule has 0 spiro atoms. The van der Waals surface area contributed by atoms with E-state index in [-0.39, 0.29) is 45.0 Å². The summed E-state index contributed by atoms with van der Waals surface area (Å²) in [5.41, 5.74) is 9.84. The van der Waals surface area contributed by atoms with Gasteiger partial charge in [-0.25, -0.2) is 8.78 Å². The van der Waals surface area contributed by atoms with Crippen LogP contribution in [0.15, 0.2) is 204 Å². The average molecular weight is 1040 g/mol. The van der Waals surface area contributed by atoms with Gasteiger partial charge in [0, 0.05) is 32.5 Å². The fourth-order valence-electron chi connectivity index (χ4n) is 10.4. The minimum Gasteiger partial charge on any atom is -0.496 e. The van der Waals surface area contributed by atoms with E-state index < -0.39 is 0 Å². The van der Waals surface area contributed by atoms with Crippen LogP contribution in [0.1, 0.15) is 56.2 Å². The summed E-state index contributed by atoms with van der Waals surface area (Å²) in [6.45, 7) is 0. The number of hydrogen-bond donors (Lipinski definition) is 0. The third-order valence-electron chi connectivity index (χ3n) is 13.7. The van der Waals surface area contributed by atoms with Gasteiger partial charge >= 0.3 is 0 Å². The zero-order valence-corrected chi connectivity index (χ0v) is 42.6. The third kappa shape index (κ3) is 8.84. The highest BCUT2D eigenvalue weighted by Crippen LogP contribution is 2.58. The monoisotopic (exact) mass is 1040 g/mol. The van der Waals surface area contributed by atoms with Crippen molar-refractivity contribution in [3.8, 4) is 11.5 Å². The van der Waals surface area contributed by atoms with Crippen molar-refractivity contribution in [1.29, 1.82) is 0 Å². The highest BCUT2D eigenvalue weighted by molar-refractivity contribution is 8.02. The second kappa shape index (κ2) is 19.8. The lowest BCUT2D eigenvalue weighted by Gasteiger charge is -2.30. The van der Waals surface area contributed by atoms with Crippen molar-refractivity contribution in [3.63, 3.8) is 0 Å². The number of nitrogens with zero attached hydrogens (tertiary/aromatic N) is 6. The van der Waals surface area contributed by atoms with Crippen LogP contribution in [0.4, 0.5) is 31.5 Å². The molecule has 8 aromatic rings. The molecular weight excluding hydrogens is 998 g/mol. The first-order valence-corrected chi connectivity index (χ1v) is 26.5. The number of thioether (sulfide) groups is 2. The molecule has 73 heavy (non-hydrogen) atoms. The van der Waals surface area contributed by atoms with Crippen LogP contribution in [-0.4, -0.2) is 36.4 Å². The minimum absolute atomic E-state index is 0.136. The predicted molar refractivity (Wildman–Crippen MR) is 296 cm³/mol. The van der Waals surface area contributed by atoms with Crippen molar-refractivity contribution in [3.05, 3.63) is 249 Å². The number of hydrogen-bond acceptors (Lipinski definition) is 10. The smallest absolute Gasteiger partial charge is 0.146 e. The van der Waals surface area contributed by atoms with Crippen LogP contribution in [0.3, 0.4) is 0 Å². The molecule has 2 saturated heterocycles. The van der Waals surface area contributed by atoms with Gasteiger partial charge in [0.1, 0.15) is 45.6 Å². The number of amidine groups is 2. The fourth-order valence-corrected chi connectivity index (χ4v) is 14.0. The van der Waals surface area contributed by atoms with Crippen LogP contribution in [0.2, 0.25) is 10.0 Å². The van der Waals surface area contributed by atoms with E-state index in [2.05, 4.69) is 80.5 Å². The molecule has 0 aromatic heterocycles. The standard InChI is InChI=1S/C59H46Cl2F2N6O2S2/c1-70-50-31-13-36(34-48(50)58-66(44-27-19-40(60)20-28-44)56-54(72-58)52(38-15-23-42(62)24-16-38)68(64-56)46-9-5-3-6-10-46)33-37-14-32-51(71-2)49(35-37)59-67(45-29-21-41(61)22-30-45)57-55(73-59)53(39-17-25-43(63)26-18-39)69(65-57)47-11-7-4-8-12-47/h3-32,34-35,52-55,58-59H,33H2,1-2H3. The second-order valence-corrected chi connectivity index (χ2v) is 21.4. The Morgan fingerprint density at radius 1 is 0.466 bits per heavy atom. The molecule has 0 aliphatic carbocycles. The molecule has 4 heterocycles. The Morgan fingerprint density at radius 3 is 1.22 bits per heavy atom. The van der Waals surface area contributed by atoms with E-state index in [1.807, 2.05) is 109 Å². The highest BCUT2D eigenvalue weighted by Gasteiger charge is 2.53. The number of anilines is 4. The summed E-state index contributed by atoms with van der Waals surface area (Å²) >= 11 is 16.6. The molecule has 4 aliphatic heterocycles. The first-order valence-electron chi connectivity index (χ1n) is 23.8. The van der Waals surface area contributed by atoms with E-state index in [0.717, 1.165) is 79.3 Å². The van der Waals surface area contributed by atoms with E-state index in [4.69, 9.17) is 42.9 Å². The van der Waals surface area contributed by atoms with Crippen LogP contribution in [0, 0.1) is 11.6 Å². The summed E-state index contributed by atoms with van der Waals surface area (Å²) in [6, 6.07) is 61.9. The van der Waals surface area contributed by atoms with Gasteiger partial charge < -0.3 is 19.3 Å². The molecule has 6 unspecified atom stereocenters. The van der Waals surface area contributed by atoms with Crippen LogP contribution in [0.5, 0.6) is 11.5 Å². The van der Waals surface area contributed by atoms with Crippen molar-refractivity contribution < 1.29 is 18.3 Å². The van der Waals surface area contributed by atoms with E-state index >= 15 is 0 Å². The predicted octanol–water partition coefficient (Wildman–Crippen LogP) is 15.3. The SMILES string of the molecule is COc1ccc(Cc2ccc(OC)c(C3SC4C(=NN(c5ccccc5)C4c4ccc(F)cc4)N3c3ccc(Cl)cc3)c2)cc1C1SC2C(=NN(c3ccccc3)C2c2ccc(F)cc2)N1c1ccc(Cl)cc1. The third-order valence-corrected chi connectivity index (χ3v) is 17.2. The molecule has 0 amide bonds. The summed E-state index contributed by atoms with van der Waals surface area (Å²) in [6.07, 6.45) is 0.610. The molecule has 0 bridgehead atoms. The number of para-hydroxylation sites is 2. The summed E-state index contributed by atoms with van der Waals surface area (Å²) in [5.74, 6) is 2.69. The zero-order valence-electron chi connectivity index (χ0n) is 39.5. The summed E-state index contributed by atoms with van der Waals surface area (Å²) in [5, 5.41) is 15.4. The van der Waals surface area contributed by atoms with Crippen LogP contribution in [-0.2, 0) is 6.42 Å². The van der Waals surface area contributed by atoms with Gasteiger partial charge in [-0.2, -0.15) is 10.2 Å². The molecule has 2 fully saturated rings. The van der Waals surface area contributed by atoms with Crippen LogP contribution >= 0.6 is 46.7 Å². The number of ether oxygens (including phenoxy) is 2. The van der Waals surface area contributed by atoms with E-state index in [1.54, 1.807) is 37.7 Å². The fraction of sp³-hybridized carbons (Fsp3) is 0.153. The van der Waals surface area contributed by atoms with Gasteiger partial charge in [-0.15, -0.1) is 23.5 Å². The van der Waals surface area contributed by atoms with Gasteiger partial charge in [0.15, 0.2) is 0 Å². The first kappa shape index (κ1) is 47.1. The largest absolute Gasteiger partial charge is 0.496 e. The van der Waals surface area contributed by atoms with Crippen molar-refractivity contribution >= 4 is 81.1 Å². The number of methoxy groups -OCH3 is 2. The Morgan fingerprint density at radius 2 is 0.849 bits per heavy atom. The molecule has 8 aromatic carbocycles. The lowest BCUT2D eigenvalue weighted by atomic mass is 9.99. The van der Waals surface area contributed by atoms with Crippen LogP contribution in [0.25, 0.3) is 0 Å². The normalized spacial score (nSPS) is 21.0. The minimum atomic E-state index is -0.289.